The highest BCUT2D eigenvalue weighted by Gasteiger charge is 2.26. The summed E-state index contributed by atoms with van der Waals surface area (Å²) in [5, 5.41) is 0. The van der Waals surface area contributed by atoms with Crippen LogP contribution in [0.4, 0.5) is 0 Å². The second kappa shape index (κ2) is 43.5. The van der Waals surface area contributed by atoms with Gasteiger partial charge in [0, 0.05) is 13.0 Å². The number of ether oxygens (including phenoxy) is 2. The lowest BCUT2D eigenvalue weighted by Crippen LogP contribution is -2.37. The number of carbonyl (C=O) groups is 1. The van der Waals surface area contributed by atoms with Gasteiger partial charge in [-0.2, -0.15) is 0 Å². The van der Waals surface area contributed by atoms with Crippen LogP contribution in [0.2, 0.25) is 0 Å². The van der Waals surface area contributed by atoms with Gasteiger partial charge in [0.05, 0.1) is 34.4 Å². The van der Waals surface area contributed by atoms with Crippen molar-refractivity contribution in [2.75, 3.05) is 54.1 Å². The van der Waals surface area contributed by atoms with Gasteiger partial charge in [0.2, 0.25) is 0 Å². The number of quaternary nitrogens is 1. The average molecular weight is 869 g/mol. The SMILES string of the molecule is CC/C=C\C/C=C\C/C=C\C/C=C\C/C=C\C/C=C\CCCCCCC(=O)OC(COCCCCC/C=C\C/C=C\C/C=C\C/C=C\CC)COP(=O)(O)OCC[N+](C)(C)C. The second-order valence-electron chi connectivity index (χ2n) is 16.0. The zero-order valence-electron chi connectivity index (χ0n) is 39.1. The minimum Gasteiger partial charge on any atom is -0.457 e. The van der Waals surface area contributed by atoms with E-state index in [4.69, 9.17) is 18.5 Å². The molecule has 0 heterocycles. The van der Waals surface area contributed by atoms with Crippen molar-refractivity contribution in [2.45, 2.75) is 148 Å². The first-order chi connectivity index (χ1) is 29.6. The molecule has 0 aliphatic carbocycles. The van der Waals surface area contributed by atoms with Gasteiger partial charge in [0.1, 0.15) is 19.3 Å². The van der Waals surface area contributed by atoms with Crippen LogP contribution in [0.25, 0.3) is 0 Å². The average Bonchev–Trinajstić information content (AvgIpc) is 3.22. The highest BCUT2D eigenvalue weighted by molar-refractivity contribution is 7.47. The van der Waals surface area contributed by atoms with E-state index in [2.05, 4.69) is 135 Å². The van der Waals surface area contributed by atoms with Crippen LogP contribution in [0.1, 0.15) is 142 Å². The number of phosphoric acid groups is 1. The molecule has 0 aromatic heterocycles. The van der Waals surface area contributed by atoms with E-state index in [9.17, 15) is 14.3 Å². The molecule has 346 valence electrons. The zero-order valence-corrected chi connectivity index (χ0v) is 40.0. The molecule has 0 spiro atoms. The summed E-state index contributed by atoms with van der Waals surface area (Å²) in [7, 11) is 1.60. The first-order valence-corrected chi connectivity index (χ1v) is 24.8. The van der Waals surface area contributed by atoms with Gasteiger partial charge in [-0.3, -0.25) is 13.8 Å². The molecular weight excluding hydrogens is 782 g/mol. The van der Waals surface area contributed by atoms with Gasteiger partial charge in [-0.15, -0.1) is 0 Å². The number of carbonyl (C=O) groups excluding carboxylic acids is 1. The molecule has 0 saturated heterocycles. The van der Waals surface area contributed by atoms with Gasteiger partial charge in [-0.1, -0.05) is 155 Å². The Morgan fingerprint density at radius 2 is 0.902 bits per heavy atom. The van der Waals surface area contributed by atoms with Gasteiger partial charge in [-0.25, -0.2) is 4.57 Å². The molecule has 0 aliphatic heterocycles. The molecule has 0 aliphatic rings. The Labute approximate surface area is 373 Å². The van der Waals surface area contributed by atoms with Crippen LogP contribution in [0.5, 0.6) is 0 Å². The quantitative estimate of drug-likeness (QED) is 0.0215. The lowest BCUT2D eigenvalue weighted by atomic mass is 10.1. The highest BCUT2D eigenvalue weighted by Crippen LogP contribution is 2.43. The number of esters is 1. The number of likely N-dealkylation sites (N-methyl/N-ethyl adjacent to an activating group) is 1. The van der Waals surface area contributed by atoms with Crippen molar-refractivity contribution in [1.82, 2.24) is 0 Å². The Hall–Kier alpha value is -3.10. The van der Waals surface area contributed by atoms with E-state index < -0.39 is 13.9 Å². The molecule has 9 heteroatoms. The van der Waals surface area contributed by atoms with E-state index in [1.165, 1.54) is 0 Å². The summed E-state index contributed by atoms with van der Waals surface area (Å²) in [5.41, 5.74) is 0. The molecule has 0 bridgehead atoms. The van der Waals surface area contributed by atoms with Gasteiger partial charge in [0.15, 0.2) is 0 Å². The maximum Gasteiger partial charge on any atom is 0.472 e. The van der Waals surface area contributed by atoms with Gasteiger partial charge in [0.25, 0.3) is 0 Å². The molecule has 2 atom stereocenters. The van der Waals surface area contributed by atoms with Crippen molar-refractivity contribution < 1.29 is 37.3 Å². The van der Waals surface area contributed by atoms with Gasteiger partial charge in [-0.05, 0) is 103 Å². The van der Waals surface area contributed by atoms with Gasteiger partial charge >= 0.3 is 13.8 Å². The fourth-order valence-electron chi connectivity index (χ4n) is 5.49. The predicted molar refractivity (Wildman–Crippen MR) is 260 cm³/mol. The number of unbranched alkanes of at least 4 members (excludes halogenated alkanes) is 7. The normalized spacial score (nSPS) is 14.8. The standard InChI is InChI=1S/C52H86NO7P/c1-6-8-10-12-14-16-18-20-22-24-25-26-27-28-29-30-31-33-35-37-39-41-43-45-52(54)60-51(50-59-61(55,56)58-48-46-53(3,4)5)49-57-47-44-42-40-38-36-34-32-23-21-19-17-15-13-11-9-7-2/h8-11,14-17,20-23,25-26,28-29,31,33-34,36,51H,6-7,12-13,18-19,24,27,30,32,35,37-50H2,1-5H3/p+1/b10-8-,11-9-,16-14-,17-15-,22-20-,23-21-,26-25-,29-28-,33-31-,36-34-. The number of allylic oxidation sites excluding steroid dienone is 20. The van der Waals surface area contributed by atoms with Crippen LogP contribution in [0, 0.1) is 0 Å². The van der Waals surface area contributed by atoms with Crippen LogP contribution in [0.15, 0.2) is 122 Å². The molecule has 0 rings (SSSR count). The Morgan fingerprint density at radius 3 is 1.33 bits per heavy atom. The molecule has 0 amide bonds. The smallest absolute Gasteiger partial charge is 0.457 e. The van der Waals surface area contributed by atoms with E-state index >= 15 is 0 Å². The summed E-state index contributed by atoms with van der Waals surface area (Å²) >= 11 is 0. The first kappa shape index (κ1) is 57.9. The number of rotatable bonds is 41. The Bertz CT molecular complexity index is 1380. The van der Waals surface area contributed by atoms with Crippen molar-refractivity contribution >= 4 is 13.8 Å². The predicted octanol–water partition coefficient (Wildman–Crippen LogP) is 14.2. The summed E-state index contributed by atoms with van der Waals surface area (Å²) in [6.07, 6.45) is 62.4. The van der Waals surface area contributed by atoms with E-state index in [0.29, 0.717) is 17.6 Å². The fraction of sp³-hybridized carbons (Fsp3) is 0.596. The number of phosphoric ester groups is 1. The Kier molecular flexibility index (Phi) is 41.3. The van der Waals surface area contributed by atoms with Gasteiger partial charge < -0.3 is 18.9 Å². The van der Waals surface area contributed by atoms with Crippen LogP contribution in [-0.4, -0.2) is 75.6 Å². The van der Waals surface area contributed by atoms with Crippen molar-refractivity contribution in [2.24, 2.45) is 0 Å². The third-order valence-corrected chi connectivity index (χ3v) is 10.0. The second-order valence-corrected chi connectivity index (χ2v) is 17.5. The summed E-state index contributed by atoms with van der Waals surface area (Å²) in [4.78, 5) is 22.9. The highest BCUT2D eigenvalue weighted by atomic mass is 31.2. The number of hydrogen-bond acceptors (Lipinski definition) is 6. The van der Waals surface area contributed by atoms with E-state index in [-0.39, 0.29) is 32.2 Å². The number of hydrogen-bond donors (Lipinski definition) is 1. The molecule has 8 nitrogen and oxygen atoms in total. The minimum absolute atomic E-state index is 0.0687. The third-order valence-electron chi connectivity index (χ3n) is 9.02. The van der Waals surface area contributed by atoms with Crippen molar-refractivity contribution in [3.63, 3.8) is 0 Å². The van der Waals surface area contributed by atoms with Crippen molar-refractivity contribution in [3.05, 3.63) is 122 Å². The zero-order chi connectivity index (χ0) is 44.8. The maximum atomic E-state index is 12.7. The number of nitrogens with zero attached hydrogens (tertiary/aromatic N) is 1. The molecule has 61 heavy (non-hydrogen) atoms. The maximum absolute atomic E-state index is 12.7. The third kappa shape index (κ3) is 47.8. The fourth-order valence-corrected chi connectivity index (χ4v) is 6.23. The van der Waals surface area contributed by atoms with Crippen LogP contribution >= 0.6 is 7.82 Å². The Morgan fingerprint density at radius 1 is 0.508 bits per heavy atom. The molecule has 0 aromatic rings. The summed E-state index contributed by atoms with van der Waals surface area (Å²) in [6.45, 7) is 5.23. The van der Waals surface area contributed by atoms with Crippen molar-refractivity contribution in [1.29, 1.82) is 0 Å². The van der Waals surface area contributed by atoms with E-state index in [1.807, 2.05) is 21.1 Å². The molecular formula is C52H87NO7P+. The van der Waals surface area contributed by atoms with E-state index in [1.54, 1.807) is 0 Å². The largest absolute Gasteiger partial charge is 0.472 e. The molecule has 0 radical (unpaired) electrons. The summed E-state index contributed by atoms with van der Waals surface area (Å²) in [6, 6.07) is 0. The minimum atomic E-state index is -4.30. The van der Waals surface area contributed by atoms with Crippen molar-refractivity contribution in [3.8, 4) is 0 Å². The lowest BCUT2D eigenvalue weighted by Gasteiger charge is -2.24. The molecule has 0 saturated carbocycles. The van der Waals surface area contributed by atoms with Crippen LogP contribution < -0.4 is 0 Å². The summed E-state index contributed by atoms with van der Waals surface area (Å²) in [5.74, 6) is -0.356. The van der Waals surface area contributed by atoms with Crippen LogP contribution in [-0.2, 0) is 27.9 Å². The molecule has 0 fully saturated rings. The molecule has 1 N–H and O–H groups in total. The molecule has 0 aromatic carbocycles. The topological polar surface area (TPSA) is 91.3 Å². The molecule has 2 unspecified atom stereocenters. The van der Waals surface area contributed by atoms with E-state index in [0.717, 1.165) is 122 Å². The lowest BCUT2D eigenvalue weighted by molar-refractivity contribution is -0.870. The monoisotopic (exact) mass is 869 g/mol. The summed E-state index contributed by atoms with van der Waals surface area (Å²) < 4.78 is 35.0. The first-order valence-electron chi connectivity index (χ1n) is 23.3. The Balaban J connectivity index is 4.35. The van der Waals surface area contributed by atoms with Crippen LogP contribution in [0.3, 0.4) is 0 Å².